The molecule has 0 N–H and O–H groups in total. The van der Waals surface area contributed by atoms with Crippen LogP contribution in [0.1, 0.15) is 31.1 Å². The quantitative estimate of drug-likeness (QED) is 0.0551. The first-order valence-corrected chi connectivity index (χ1v) is 17.4. The summed E-state index contributed by atoms with van der Waals surface area (Å²) in [5, 5.41) is 0. The molecule has 5 rings (SSSR count). The Morgan fingerprint density at radius 1 is 0.769 bits per heavy atom. The van der Waals surface area contributed by atoms with E-state index in [0.717, 1.165) is 17.4 Å². The smallest absolute Gasteiger partial charge is 0.463 e. The van der Waals surface area contributed by atoms with Gasteiger partial charge in [-0.3, -0.25) is 9.59 Å². The van der Waals surface area contributed by atoms with E-state index < -0.39 is 67.4 Å². The molecule has 0 radical (unpaired) electrons. The third-order valence-electron chi connectivity index (χ3n) is 7.72. The van der Waals surface area contributed by atoms with Gasteiger partial charge in [-0.2, -0.15) is 13.2 Å². The van der Waals surface area contributed by atoms with Crippen molar-refractivity contribution in [2.45, 2.75) is 68.3 Å². The number of hydrogen-bond acceptors (Lipinski definition) is 10. The Balaban J connectivity index is 1.58. The number of hydrogen-bond donors (Lipinski definition) is 0. The number of rotatable bonds is 14. The summed E-state index contributed by atoms with van der Waals surface area (Å²) in [6.45, 7) is 1.88. The van der Waals surface area contributed by atoms with Crippen LogP contribution in [0.5, 0.6) is 0 Å². The van der Waals surface area contributed by atoms with Crippen molar-refractivity contribution in [3.05, 3.63) is 132 Å². The van der Waals surface area contributed by atoms with Gasteiger partial charge in [0.25, 0.3) is 5.90 Å². The summed E-state index contributed by atoms with van der Waals surface area (Å²) >= 11 is 1.46. The molecule has 1 aliphatic heterocycles. The van der Waals surface area contributed by atoms with Crippen molar-refractivity contribution in [1.29, 1.82) is 0 Å². The summed E-state index contributed by atoms with van der Waals surface area (Å²) in [5.41, 5.74) is 1.42. The van der Waals surface area contributed by atoms with E-state index in [4.69, 9.17) is 28.4 Å². The van der Waals surface area contributed by atoms with Crippen LogP contribution in [0.4, 0.5) is 18.9 Å². The van der Waals surface area contributed by atoms with Crippen LogP contribution in [0.15, 0.2) is 131 Å². The van der Waals surface area contributed by atoms with Gasteiger partial charge >= 0.3 is 18.1 Å². The number of alkyl halides is 3. The summed E-state index contributed by atoms with van der Waals surface area (Å²) in [6, 6.07) is 35.1. The largest absolute Gasteiger partial charge is 0.468 e. The van der Waals surface area contributed by atoms with Gasteiger partial charge in [-0.05, 0) is 35.4 Å². The number of ether oxygens (including phenoxy) is 6. The molecule has 0 saturated carbocycles. The minimum Gasteiger partial charge on any atom is -0.463 e. The first kappa shape index (κ1) is 38.5. The van der Waals surface area contributed by atoms with Crippen molar-refractivity contribution >= 4 is 35.3 Å². The SMILES string of the molecule is CC(=O)OC[C@H]1O[C@H](OC(=Nc2ccccc2)C(F)(F)F)[C@H](OC(CSc2ccccc2)c2ccccc2)[C@@H](OC(C)=O)[C@@H]1OCc1ccccc1. The number of halogens is 3. The maximum atomic E-state index is 14.6. The Bertz CT molecular complexity index is 1730. The van der Waals surface area contributed by atoms with Gasteiger partial charge in [-0.15, -0.1) is 11.8 Å². The molecule has 52 heavy (non-hydrogen) atoms. The Morgan fingerprint density at radius 2 is 1.37 bits per heavy atom. The number of carbonyl (C=O) groups is 2. The van der Waals surface area contributed by atoms with E-state index >= 15 is 0 Å². The molecule has 6 atom stereocenters. The van der Waals surface area contributed by atoms with Crippen LogP contribution in [0.2, 0.25) is 0 Å². The average Bonchev–Trinajstić information content (AvgIpc) is 3.13. The van der Waals surface area contributed by atoms with Crippen LogP contribution >= 0.6 is 11.8 Å². The van der Waals surface area contributed by atoms with E-state index in [9.17, 15) is 22.8 Å². The summed E-state index contributed by atoms with van der Waals surface area (Å²) in [5.74, 6) is -2.75. The van der Waals surface area contributed by atoms with Crippen molar-refractivity contribution < 1.29 is 51.2 Å². The molecule has 1 heterocycles. The zero-order chi connectivity index (χ0) is 36.9. The van der Waals surface area contributed by atoms with Crippen LogP contribution in [-0.2, 0) is 44.6 Å². The Hall–Kier alpha value is -4.69. The molecule has 0 aliphatic carbocycles. The highest BCUT2D eigenvalue weighted by Crippen LogP contribution is 2.37. The topological polar surface area (TPSA) is 102 Å². The number of esters is 2. The molecule has 274 valence electrons. The number of nitrogens with zero attached hydrogens (tertiary/aromatic N) is 1. The Morgan fingerprint density at radius 3 is 1.96 bits per heavy atom. The van der Waals surface area contributed by atoms with Crippen LogP contribution in [-0.4, -0.2) is 67.1 Å². The van der Waals surface area contributed by atoms with Gasteiger partial charge in [0, 0.05) is 24.5 Å². The van der Waals surface area contributed by atoms with Gasteiger partial charge in [0.2, 0.25) is 6.29 Å². The summed E-state index contributed by atoms with van der Waals surface area (Å²) in [6.07, 6.45) is -13.1. The molecule has 9 nitrogen and oxygen atoms in total. The first-order chi connectivity index (χ1) is 25.1. The third kappa shape index (κ3) is 11.4. The van der Waals surface area contributed by atoms with Crippen molar-refractivity contribution in [2.24, 2.45) is 4.99 Å². The monoisotopic (exact) mass is 737 g/mol. The second kappa shape index (κ2) is 18.7. The molecule has 4 aromatic carbocycles. The Kier molecular flexibility index (Phi) is 13.9. The van der Waals surface area contributed by atoms with Gasteiger partial charge < -0.3 is 28.4 Å². The van der Waals surface area contributed by atoms with Gasteiger partial charge in [-0.25, -0.2) is 4.99 Å². The Labute approximate surface area is 304 Å². The van der Waals surface area contributed by atoms with E-state index in [1.165, 1.54) is 43.0 Å². The lowest BCUT2D eigenvalue weighted by Crippen LogP contribution is -2.63. The second-order valence-electron chi connectivity index (χ2n) is 11.7. The molecule has 13 heteroatoms. The molecule has 0 spiro atoms. The van der Waals surface area contributed by atoms with Crippen LogP contribution in [0.3, 0.4) is 0 Å². The van der Waals surface area contributed by atoms with Crippen molar-refractivity contribution in [2.75, 3.05) is 12.4 Å². The lowest BCUT2D eigenvalue weighted by Gasteiger charge is -2.46. The molecule has 0 bridgehead atoms. The van der Waals surface area contributed by atoms with E-state index in [2.05, 4.69) is 4.99 Å². The maximum Gasteiger partial charge on any atom is 0.468 e. The number of thioether (sulfide) groups is 1. The molecule has 1 saturated heterocycles. The predicted molar refractivity (Wildman–Crippen MR) is 188 cm³/mol. The minimum absolute atomic E-state index is 0.00329. The fourth-order valence-corrected chi connectivity index (χ4v) is 6.36. The number of benzene rings is 4. The lowest BCUT2D eigenvalue weighted by molar-refractivity contribution is -0.312. The summed E-state index contributed by atoms with van der Waals surface area (Å²) in [7, 11) is 0. The van der Waals surface area contributed by atoms with Crippen LogP contribution in [0, 0.1) is 0 Å². The zero-order valence-electron chi connectivity index (χ0n) is 28.4. The van der Waals surface area contributed by atoms with Gasteiger partial charge in [0.05, 0.1) is 18.4 Å². The molecule has 0 aromatic heterocycles. The molecule has 4 aromatic rings. The highest BCUT2D eigenvalue weighted by Gasteiger charge is 2.54. The zero-order valence-corrected chi connectivity index (χ0v) is 29.2. The van der Waals surface area contributed by atoms with E-state index in [1.54, 1.807) is 6.07 Å². The molecule has 1 aliphatic rings. The highest BCUT2D eigenvalue weighted by molar-refractivity contribution is 7.99. The van der Waals surface area contributed by atoms with Crippen molar-refractivity contribution in [3.8, 4) is 0 Å². The predicted octanol–water partition coefficient (Wildman–Crippen LogP) is 8.02. The van der Waals surface area contributed by atoms with E-state index in [1.807, 2.05) is 91.0 Å². The molecular formula is C39H38F3NO8S. The minimum atomic E-state index is -5.07. The molecule has 1 fully saturated rings. The van der Waals surface area contributed by atoms with Crippen LogP contribution in [0.25, 0.3) is 0 Å². The number of carbonyl (C=O) groups excluding carboxylic acids is 2. The van der Waals surface area contributed by atoms with Crippen LogP contribution < -0.4 is 0 Å². The number of aliphatic imine (C=N–C) groups is 1. The second-order valence-corrected chi connectivity index (χ2v) is 12.8. The normalized spacial score (nSPS) is 21.2. The average molecular weight is 738 g/mol. The van der Waals surface area contributed by atoms with Gasteiger partial charge in [0.1, 0.15) is 18.8 Å². The number of para-hydroxylation sites is 1. The fraction of sp³-hybridized carbons (Fsp3) is 0.308. The first-order valence-electron chi connectivity index (χ1n) is 16.4. The standard InChI is InChI=1S/C39H38F3NO8S/c1-26(44)46-24-32-34(47-23-28-15-7-3-8-16-28)35(48-27(2)45)36(37(50-32)51-38(39(40,41)42)43-30-19-11-5-12-20-30)49-33(29-17-9-4-10-18-29)25-52-31-21-13-6-14-22-31/h3-22,32-37H,23-25H2,1-2H3/t32-,33?,34-,35+,36-,37-/m1/s1. The van der Waals surface area contributed by atoms with E-state index in [0.29, 0.717) is 11.3 Å². The van der Waals surface area contributed by atoms with Gasteiger partial charge in [-0.1, -0.05) is 97.1 Å². The summed E-state index contributed by atoms with van der Waals surface area (Å²) < 4.78 is 79.8. The van der Waals surface area contributed by atoms with E-state index in [-0.39, 0.29) is 12.3 Å². The third-order valence-corrected chi connectivity index (χ3v) is 8.80. The molecule has 1 unspecified atom stereocenters. The summed E-state index contributed by atoms with van der Waals surface area (Å²) in [4.78, 5) is 29.4. The fourth-order valence-electron chi connectivity index (χ4n) is 5.39. The highest BCUT2D eigenvalue weighted by atomic mass is 32.2. The lowest BCUT2D eigenvalue weighted by atomic mass is 9.97. The van der Waals surface area contributed by atoms with Crippen molar-refractivity contribution in [1.82, 2.24) is 0 Å². The van der Waals surface area contributed by atoms with Gasteiger partial charge in [0.15, 0.2) is 12.2 Å². The maximum absolute atomic E-state index is 14.6. The molecule has 0 amide bonds. The molecular weight excluding hydrogens is 699 g/mol. The van der Waals surface area contributed by atoms with Crippen molar-refractivity contribution in [3.63, 3.8) is 0 Å².